The van der Waals surface area contributed by atoms with Gasteiger partial charge in [0, 0.05) is 24.9 Å². The molecule has 0 aliphatic heterocycles. The number of nitrogens with zero attached hydrogens (tertiary/aromatic N) is 3. The first kappa shape index (κ1) is 11.7. The molecule has 17 heavy (non-hydrogen) atoms. The zero-order valence-corrected chi connectivity index (χ0v) is 9.59. The lowest BCUT2D eigenvalue weighted by Gasteiger charge is -2.03. The highest BCUT2D eigenvalue weighted by molar-refractivity contribution is 5.01. The SMILES string of the molecule is CCOCc1noc(C(N)Cc2cnc[nH]2)n1. The highest BCUT2D eigenvalue weighted by Crippen LogP contribution is 2.12. The molecule has 0 bridgehead atoms. The average Bonchev–Trinajstić information content (AvgIpc) is 2.96. The van der Waals surface area contributed by atoms with Gasteiger partial charge >= 0.3 is 0 Å². The van der Waals surface area contributed by atoms with Crippen LogP contribution in [-0.2, 0) is 17.8 Å². The van der Waals surface area contributed by atoms with Gasteiger partial charge in [0.25, 0.3) is 0 Å². The van der Waals surface area contributed by atoms with Crippen LogP contribution in [0.25, 0.3) is 0 Å². The summed E-state index contributed by atoms with van der Waals surface area (Å²) in [6, 6.07) is -0.335. The number of imidazole rings is 1. The van der Waals surface area contributed by atoms with Gasteiger partial charge in [0.1, 0.15) is 6.61 Å². The van der Waals surface area contributed by atoms with E-state index in [1.807, 2.05) is 6.92 Å². The van der Waals surface area contributed by atoms with E-state index in [-0.39, 0.29) is 6.04 Å². The third-order valence-electron chi connectivity index (χ3n) is 2.23. The first-order chi connectivity index (χ1) is 8.29. The van der Waals surface area contributed by atoms with Gasteiger partial charge < -0.3 is 20.0 Å². The maximum atomic E-state index is 5.94. The van der Waals surface area contributed by atoms with Crippen molar-refractivity contribution in [1.29, 1.82) is 0 Å². The van der Waals surface area contributed by atoms with Gasteiger partial charge in [-0.05, 0) is 6.92 Å². The molecule has 3 N–H and O–H groups in total. The smallest absolute Gasteiger partial charge is 0.244 e. The van der Waals surface area contributed by atoms with Crippen LogP contribution in [0.2, 0.25) is 0 Å². The normalized spacial score (nSPS) is 12.8. The summed E-state index contributed by atoms with van der Waals surface area (Å²) in [4.78, 5) is 11.1. The van der Waals surface area contributed by atoms with Crippen molar-refractivity contribution in [3.8, 4) is 0 Å². The highest BCUT2D eigenvalue weighted by atomic mass is 16.5. The number of hydrogen-bond acceptors (Lipinski definition) is 6. The Bertz CT molecular complexity index is 439. The number of nitrogens with two attached hydrogens (primary N) is 1. The fourth-order valence-corrected chi connectivity index (χ4v) is 1.39. The molecule has 0 amide bonds. The topological polar surface area (TPSA) is 103 Å². The Hall–Kier alpha value is -1.73. The van der Waals surface area contributed by atoms with Crippen molar-refractivity contribution >= 4 is 0 Å². The second-order valence-corrected chi connectivity index (χ2v) is 3.57. The van der Waals surface area contributed by atoms with E-state index in [0.717, 1.165) is 5.69 Å². The van der Waals surface area contributed by atoms with Crippen molar-refractivity contribution in [1.82, 2.24) is 20.1 Å². The molecule has 2 aromatic rings. The second-order valence-electron chi connectivity index (χ2n) is 3.57. The Kier molecular flexibility index (Phi) is 3.84. The molecule has 2 rings (SSSR count). The standard InChI is InChI=1S/C10H15N5O2/c1-2-16-5-9-14-10(17-15-9)8(11)3-7-4-12-6-13-7/h4,6,8H,2-3,5,11H2,1H3,(H,12,13). The number of H-pyrrole nitrogens is 1. The molecular weight excluding hydrogens is 222 g/mol. The van der Waals surface area contributed by atoms with Crippen molar-refractivity contribution in [2.75, 3.05) is 6.61 Å². The van der Waals surface area contributed by atoms with E-state index in [9.17, 15) is 0 Å². The Morgan fingerprint density at radius 2 is 2.47 bits per heavy atom. The summed E-state index contributed by atoms with van der Waals surface area (Å²) in [5.74, 6) is 0.927. The molecule has 0 radical (unpaired) electrons. The van der Waals surface area contributed by atoms with Crippen LogP contribution in [0, 0.1) is 0 Å². The number of aromatic nitrogens is 4. The van der Waals surface area contributed by atoms with Gasteiger partial charge in [-0.3, -0.25) is 0 Å². The van der Waals surface area contributed by atoms with Crippen molar-refractivity contribution < 1.29 is 9.26 Å². The molecule has 0 aliphatic rings. The van der Waals surface area contributed by atoms with Gasteiger partial charge in [-0.25, -0.2) is 4.98 Å². The van der Waals surface area contributed by atoms with Crippen LogP contribution in [0.4, 0.5) is 0 Å². The molecule has 2 heterocycles. The lowest BCUT2D eigenvalue weighted by atomic mass is 10.2. The third-order valence-corrected chi connectivity index (χ3v) is 2.23. The Balaban J connectivity index is 1.94. The minimum absolute atomic E-state index is 0.335. The second kappa shape index (κ2) is 5.55. The summed E-state index contributed by atoms with van der Waals surface area (Å²) in [6.07, 6.45) is 3.91. The summed E-state index contributed by atoms with van der Waals surface area (Å²) in [7, 11) is 0. The zero-order valence-electron chi connectivity index (χ0n) is 9.59. The van der Waals surface area contributed by atoms with E-state index in [1.54, 1.807) is 12.5 Å². The molecular formula is C10H15N5O2. The summed E-state index contributed by atoms with van der Waals surface area (Å²) < 4.78 is 10.2. The Morgan fingerprint density at radius 3 is 3.18 bits per heavy atom. The molecule has 0 saturated heterocycles. The quantitative estimate of drug-likeness (QED) is 0.761. The van der Waals surface area contributed by atoms with Gasteiger partial charge in [0.2, 0.25) is 5.89 Å². The maximum Gasteiger partial charge on any atom is 0.244 e. The molecule has 0 aromatic carbocycles. The summed E-state index contributed by atoms with van der Waals surface area (Å²) in [5.41, 5.74) is 6.88. The number of ether oxygens (including phenoxy) is 1. The van der Waals surface area contributed by atoms with E-state index in [2.05, 4.69) is 20.1 Å². The first-order valence-electron chi connectivity index (χ1n) is 5.42. The van der Waals surface area contributed by atoms with Gasteiger partial charge in [-0.1, -0.05) is 5.16 Å². The number of hydrogen-bond donors (Lipinski definition) is 2. The lowest BCUT2D eigenvalue weighted by molar-refractivity contribution is 0.126. The summed E-state index contributed by atoms with van der Waals surface area (Å²) in [6.45, 7) is 2.87. The monoisotopic (exact) mass is 237 g/mol. The number of nitrogens with one attached hydrogen (secondary N) is 1. The molecule has 7 heteroatoms. The fraction of sp³-hybridized carbons (Fsp3) is 0.500. The van der Waals surface area contributed by atoms with E-state index in [1.165, 1.54) is 0 Å². The van der Waals surface area contributed by atoms with Crippen LogP contribution in [0.5, 0.6) is 0 Å². The average molecular weight is 237 g/mol. The summed E-state index contributed by atoms with van der Waals surface area (Å²) >= 11 is 0. The van der Waals surface area contributed by atoms with E-state index in [4.69, 9.17) is 15.0 Å². The molecule has 1 atom stereocenters. The molecule has 0 saturated carbocycles. The van der Waals surface area contributed by atoms with E-state index >= 15 is 0 Å². The Morgan fingerprint density at radius 1 is 1.59 bits per heavy atom. The molecule has 0 spiro atoms. The molecule has 0 aliphatic carbocycles. The van der Waals surface area contributed by atoms with Crippen molar-refractivity contribution in [3.05, 3.63) is 29.9 Å². The minimum atomic E-state index is -0.335. The van der Waals surface area contributed by atoms with Gasteiger partial charge in [0.15, 0.2) is 5.82 Å². The number of aromatic amines is 1. The predicted octanol–water partition coefficient (Wildman–Crippen LogP) is 0.572. The van der Waals surface area contributed by atoms with Crippen molar-refractivity contribution in [2.24, 2.45) is 5.73 Å². The molecule has 0 fully saturated rings. The van der Waals surface area contributed by atoms with Crippen molar-refractivity contribution in [3.63, 3.8) is 0 Å². The fourth-order valence-electron chi connectivity index (χ4n) is 1.39. The lowest BCUT2D eigenvalue weighted by Crippen LogP contribution is -2.14. The number of rotatable bonds is 6. The van der Waals surface area contributed by atoms with Gasteiger partial charge in [-0.15, -0.1) is 0 Å². The molecule has 7 nitrogen and oxygen atoms in total. The van der Waals surface area contributed by atoms with Crippen LogP contribution in [0.15, 0.2) is 17.0 Å². The largest absolute Gasteiger partial charge is 0.374 e. The molecule has 2 aromatic heterocycles. The van der Waals surface area contributed by atoms with Crippen LogP contribution in [-0.4, -0.2) is 26.7 Å². The molecule has 1 unspecified atom stereocenters. The van der Waals surface area contributed by atoms with Crippen LogP contribution >= 0.6 is 0 Å². The highest BCUT2D eigenvalue weighted by Gasteiger charge is 2.15. The molecule has 92 valence electrons. The van der Waals surface area contributed by atoms with Gasteiger partial charge in [-0.2, -0.15) is 4.98 Å². The zero-order chi connectivity index (χ0) is 12.1. The summed E-state index contributed by atoms with van der Waals surface area (Å²) in [5, 5.41) is 3.79. The van der Waals surface area contributed by atoms with Crippen LogP contribution in [0.1, 0.15) is 30.4 Å². The van der Waals surface area contributed by atoms with Gasteiger partial charge in [0.05, 0.1) is 12.4 Å². The first-order valence-corrected chi connectivity index (χ1v) is 5.42. The van der Waals surface area contributed by atoms with E-state index in [0.29, 0.717) is 31.3 Å². The third kappa shape index (κ3) is 3.11. The van der Waals surface area contributed by atoms with E-state index < -0.39 is 0 Å². The van der Waals surface area contributed by atoms with Crippen molar-refractivity contribution in [2.45, 2.75) is 26.0 Å². The van der Waals surface area contributed by atoms with Crippen LogP contribution in [0.3, 0.4) is 0 Å². The maximum absolute atomic E-state index is 5.94. The minimum Gasteiger partial charge on any atom is -0.374 e. The predicted molar refractivity (Wildman–Crippen MR) is 58.8 cm³/mol. The Labute approximate surface area is 98.4 Å². The van der Waals surface area contributed by atoms with Crippen LogP contribution < -0.4 is 5.73 Å².